The SMILES string of the molecule is Cc1ccc(C(=O)NC2CCNCC2C)cc1F.Cl. The van der Waals surface area contributed by atoms with Gasteiger partial charge < -0.3 is 10.6 Å². The molecule has 0 aliphatic carbocycles. The number of hydrogen-bond donors (Lipinski definition) is 2. The van der Waals surface area contributed by atoms with Crippen molar-refractivity contribution < 1.29 is 9.18 Å². The largest absolute Gasteiger partial charge is 0.349 e. The van der Waals surface area contributed by atoms with Gasteiger partial charge in [0.2, 0.25) is 0 Å². The van der Waals surface area contributed by atoms with Crippen LogP contribution < -0.4 is 10.6 Å². The summed E-state index contributed by atoms with van der Waals surface area (Å²) in [7, 11) is 0. The molecule has 1 aliphatic heterocycles. The fourth-order valence-electron chi connectivity index (χ4n) is 2.21. The lowest BCUT2D eigenvalue weighted by Gasteiger charge is -2.30. The van der Waals surface area contributed by atoms with E-state index < -0.39 is 0 Å². The van der Waals surface area contributed by atoms with Gasteiger partial charge in [0.25, 0.3) is 5.91 Å². The van der Waals surface area contributed by atoms with Crippen molar-refractivity contribution in [3.05, 3.63) is 35.1 Å². The summed E-state index contributed by atoms with van der Waals surface area (Å²) in [5.74, 6) is -0.119. The van der Waals surface area contributed by atoms with Crippen molar-refractivity contribution in [2.45, 2.75) is 26.3 Å². The monoisotopic (exact) mass is 286 g/mol. The smallest absolute Gasteiger partial charge is 0.251 e. The summed E-state index contributed by atoms with van der Waals surface area (Å²) in [6.07, 6.45) is 0.918. The number of benzene rings is 1. The van der Waals surface area contributed by atoms with Crippen molar-refractivity contribution in [1.82, 2.24) is 10.6 Å². The molecule has 19 heavy (non-hydrogen) atoms. The summed E-state index contributed by atoms with van der Waals surface area (Å²) in [6.45, 7) is 5.61. The molecule has 2 rings (SSSR count). The molecule has 1 aliphatic rings. The Morgan fingerprint density at radius 2 is 2.21 bits per heavy atom. The standard InChI is InChI=1S/C14H19FN2O.ClH/c1-9-3-4-11(7-12(9)15)14(18)17-13-5-6-16-8-10(13)2;/h3-4,7,10,13,16H,5-6,8H2,1-2H3,(H,17,18);1H. The van der Waals surface area contributed by atoms with E-state index in [4.69, 9.17) is 0 Å². The number of rotatable bonds is 2. The van der Waals surface area contributed by atoms with Crippen molar-refractivity contribution in [1.29, 1.82) is 0 Å². The molecule has 1 amide bonds. The van der Waals surface area contributed by atoms with Gasteiger partial charge in [0.05, 0.1) is 0 Å². The van der Waals surface area contributed by atoms with Crippen LogP contribution in [0.5, 0.6) is 0 Å². The minimum absolute atomic E-state index is 0. The van der Waals surface area contributed by atoms with Gasteiger partial charge in [-0.2, -0.15) is 0 Å². The van der Waals surface area contributed by atoms with E-state index in [9.17, 15) is 9.18 Å². The first-order valence-corrected chi connectivity index (χ1v) is 6.35. The highest BCUT2D eigenvalue weighted by Gasteiger charge is 2.23. The molecule has 1 saturated heterocycles. The zero-order valence-corrected chi connectivity index (χ0v) is 12.0. The second kappa shape index (κ2) is 6.87. The van der Waals surface area contributed by atoms with Crippen molar-refractivity contribution in [3.63, 3.8) is 0 Å². The molecule has 2 unspecified atom stereocenters. The Hall–Kier alpha value is -1.13. The lowest BCUT2D eigenvalue weighted by Crippen LogP contribution is -2.48. The molecular formula is C14H20ClFN2O. The van der Waals surface area contributed by atoms with E-state index >= 15 is 0 Å². The number of amides is 1. The van der Waals surface area contributed by atoms with Gasteiger partial charge in [0, 0.05) is 11.6 Å². The van der Waals surface area contributed by atoms with Gasteiger partial charge in [-0.15, -0.1) is 12.4 Å². The fraction of sp³-hybridized carbons (Fsp3) is 0.500. The van der Waals surface area contributed by atoms with Crippen LogP contribution in [0.15, 0.2) is 18.2 Å². The molecule has 2 atom stereocenters. The van der Waals surface area contributed by atoms with Crippen LogP contribution in [-0.2, 0) is 0 Å². The molecular weight excluding hydrogens is 267 g/mol. The number of halogens is 2. The first kappa shape index (κ1) is 15.9. The molecule has 1 fully saturated rings. The van der Waals surface area contributed by atoms with Crippen LogP contribution in [-0.4, -0.2) is 25.0 Å². The average Bonchev–Trinajstić information content (AvgIpc) is 2.35. The van der Waals surface area contributed by atoms with Crippen molar-refractivity contribution in [3.8, 4) is 0 Å². The third-order valence-electron chi connectivity index (χ3n) is 3.54. The molecule has 1 heterocycles. The molecule has 3 nitrogen and oxygen atoms in total. The van der Waals surface area contributed by atoms with E-state index in [1.807, 2.05) is 0 Å². The predicted molar refractivity (Wildman–Crippen MR) is 76.3 cm³/mol. The zero-order chi connectivity index (χ0) is 13.1. The molecule has 2 N–H and O–H groups in total. The molecule has 0 radical (unpaired) electrons. The number of carbonyl (C=O) groups excluding carboxylic acids is 1. The van der Waals surface area contributed by atoms with Gasteiger partial charge in [-0.3, -0.25) is 4.79 Å². The van der Waals surface area contributed by atoms with Crippen molar-refractivity contribution >= 4 is 18.3 Å². The number of hydrogen-bond acceptors (Lipinski definition) is 2. The normalized spacial score (nSPS) is 22.5. The Bertz CT molecular complexity index is 453. The first-order valence-electron chi connectivity index (χ1n) is 6.35. The van der Waals surface area contributed by atoms with Crippen LogP contribution >= 0.6 is 12.4 Å². The van der Waals surface area contributed by atoms with Crippen molar-refractivity contribution in [2.24, 2.45) is 5.92 Å². The summed E-state index contributed by atoms with van der Waals surface area (Å²) in [4.78, 5) is 12.0. The molecule has 1 aromatic carbocycles. The highest BCUT2D eigenvalue weighted by atomic mass is 35.5. The van der Waals surface area contributed by atoms with E-state index in [-0.39, 0.29) is 30.2 Å². The molecule has 0 spiro atoms. The quantitative estimate of drug-likeness (QED) is 0.876. The Morgan fingerprint density at radius 1 is 1.47 bits per heavy atom. The number of aryl methyl sites for hydroxylation is 1. The summed E-state index contributed by atoms with van der Waals surface area (Å²) < 4.78 is 13.4. The molecule has 0 bridgehead atoms. The van der Waals surface area contributed by atoms with E-state index in [0.717, 1.165) is 19.5 Å². The predicted octanol–water partition coefficient (Wildman–Crippen LogP) is 2.28. The summed E-state index contributed by atoms with van der Waals surface area (Å²) in [5, 5.41) is 6.27. The fourth-order valence-corrected chi connectivity index (χ4v) is 2.21. The molecule has 1 aromatic rings. The lowest BCUT2D eigenvalue weighted by atomic mass is 9.95. The van der Waals surface area contributed by atoms with E-state index in [1.54, 1.807) is 19.1 Å². The lowest BCUT2D eigenvalue weighted by molar-refractivity contribution is 0.0913. The van der Waals surface area contributed by atoms with Gasteiger partial charge in [-0.25, -0.2) is 4.39 Å². The number of nitrogens with one attached hydrogen (secondary N) is 2. The van der Waals surface area contributed by atoms with Gasteiger partial charge in [0.15, 0.2) is 0 Å². The van der Waals surface area contributed by atoms with Crippen molar-refractivity contribution in [2.75, 3.05) is 13.1 Å². The van der Waals surface area contributed by atoms with Gasteiger partial charge in [-0.1, -0.05) is 13.0 Å². The van der Waals surface area contributed by atoms with E-state index in [1.165, 1.54) is 6.07 Å². The van der Waals surface area contributed by atoms with Crippen LogP contribution in [0.4, 0.5) is 4.39 Å². The Morgan fingerprint density at radius 3 is 2.84 bits per heavy atom. The minimum atomic E-state index is -0.332. The molecule has 5 heteroatoms. The highest BCUT2D eigenvalue weighted by Crippen LogP contribution is 2.13. The van der Waals surface area contributed by atoms with Crippen LogP contribution in [0.25, 0.3) is 0 Å². The van der Waals surface area contributed by atoms with Crippen LogP contribution in [0.2, 0.25) is 0 Å². The van der Waals surface area contributed by atoms with Gasteiger partial charge in [0.1, 0.15) is 5.82 Å². The summed E-state index contributed by atoms with van der Waals surface area (Å²) in [5.41, 5.74) is 0.950. The number of piperidine rings is 1. The minimum Gasteiger partial charge on any atom is -0.349 e. The third kappa shape index (κ3) is 3.91. The maximum atomic E-state index is 13.4. The Labute approximate surface area is 119 Å². The second-order valence-corrected chi connectivity index (χ2v) is 5.01. The first-order chi connectivity index (χ1) is 8.58. The van der Waals surface area contributed by atoms with E-state index in [2.05, 4.69) is 17.6 Å². The Kier molecular flexibility index (Phi) is 5.76. The maximum absolute atomic E-state index is 13.4. The molecule has 106 valence electrons. The van der Waals surface area contributed by atoms with Gasteiger partial charge in [-0.05, 0) is 50.0 Å². The Balaban J connectivity index is 0.00000180. The van der Waals surface area contributed by atoms with Gasteiger partial charge >= 0.3 is 0 Å². The third-order valence-corrected chi connectivity index (χ3v) is 3.54. The van der Waals surface area contributed by atoms with Crippen LogP contribution in [0.1, 0.15) is 29.3 Å². The van der Waals surface area contributed by atoms with Crippen LogP contribution in [0.3, 0.4) is 0 Å². The summed E-state index contributed by atoms with van der Waals surface area (Å²) >= 11 is 0. The highest BCUT2D eigenvalue weighted by molar-refractivity contribution is 5.94. The van der Waals surface area contributed by atoms with Crippen LogP contribution in [0, 0.1) is 18.7 Å². The molecule has 0 saturated carbocycles. The number of carbonyl (C=O) groups is 1. The average molecular weight is 287 g/mol. The maximum Gasteiger partial charge on any atom is 0.251 e. The molecule has 0 aromatic heterocycles. The second-order valence-electron chi connectivity index (χ2n) is 5.01. The summed E-state index contributed by atoms with van der Waals surface area (Å²) in [6, 6.07) is 4.77. The van der Waals surface area contributed by atoms with E-state index in [0.29, 0.717) is 17.0 Å². The topological polar surface area (TPSA) is 41.1 Å². The zero-order valence-electron chi connectivity index (χ0n) is 11.2.